The summed E-state index contributed by atoms with van der Waals surface area (Å²) in [6, 6.07) is 2.27. The molecule has 108 valence electrons. The molecule has 1 unspecified atom stereocenters. The third-order valence-electron chi connectivity index (χ3n) is 4.27. The topological polar surface area (TPSA) is 47.3 Å². The van der Waals surface area contributed by atoms with Gasteiger partial charge in [0.1, 0.15) is 0 Å². The second kappa shape index (κ2) is 7.18. The van der Waals surface area contributed by atoms with Crippen molar-refractivity contribution in [1.82, 2.24) is 5.43 Å². The van der Waals surface area contributed by atoms with Crippen molar-refractivity contribution in [3.05, 3.63) is 20.8 Å². The average molecular weight is 347 g/mol. The molecule has 5 heteroatoms. The molecule has 1 aliphatic carbocycles. The Balaban J connectivity index is 2.15. The van der Waals surface area contributed by atoms with Crippen LogP contribution < -0.4 is 11.3 Å². The van der Waals surface area contributed by atoms with Gasteiger partial charge >= 0.3 is 0 Å². The monoisotopic (exact) mass is 346 g/mol. The molecule has 0 saturated heterocycles. The van der Waals surface area contributed by atoms with Crippen molar-refractivity contribution in [2.45, 2.75) is 56.6 Å². The molecular formula is C14H23BrN2OS. The van der Waals surface area contributed by atoms with Crippen molar-refractivity contribution in [3.8, 4) is 0 Å². The molecule has 1 aliphatic rings. The second-order valence-electron chi connectivity index (χ2n) is 5.30. The fourth-order valence-electron chi connectivity index (χ4n) is 3.07. The number of halogens is 1. The molecule has 0 amide bonds. The van der Waals surface area contributed by atoms with Gasteiger partial charge in [-0.2, -0.15) is 0 Å². The van der Waals surface area contributed by atoms with Gasteiger partial charge in [-0.15, -0.1) is 11.3 Å². The summed E-state index contributed by atoms with van der Waals surface area (Å²) in [4.78, 5) is 1.34. The quantitative estimate of drug-likeness (QED) is 0.486. The Kier molecular flexibility index (Phi) is 5.84. The highest BCUT2D eigenvalue weighted by molar-refractivity contribution is 9.10. The molecule has 0 aromatic carbocycles. The van der Waals surface area contributed by atoms with Crippen molar-refractivity contribution < 1.29 is 4.74 Å². The third-order valence-corrected chi connectivity index (χ3v) is 6.22. The summed E-state index contributed by atoms with van der Waals surface area (Å²) >= 11 is 5.38. The number of ether oxygens (including phenoxy) is 1. The first kappa shape index (κ1) is 15.4. The van der Waals surface area contributed by atoms with Gasteiger partial charge in [-0.3, -0.25) is 11.3 Å². The maximum Gasteiger partial charge on any atom is 0.0847 e. The van der Waals surface area contributed by atoms with E-state index in [4.69, 9.17) is 10.6 Å². The first-order valence-electron chi connectivity index (χ1n) is 6.95. The maximum absolute atomic E-state index is 5.95. The predicted molar refractivity (Wildman–Crippen MR) is 84.3 cm³/mol. The molecule has 1 heterocycles. The Morgan fingerprint density at radius 1 is 1.42 bits per heavy atom. The number of thiophene rings is 1. The number of nitrogens with two attached hydrogens (primary N) is 1. The Hall–Kier alpha value is 0.0600. The molecule has 2 rings (SSSR count). The van der Waals surface area contributed by atoms with E-state index in [0.29, 0.717) is 0 Å². The highest BCUT2D eigenvalue weighted by Crippen LogP contribution is 2.35. The van der Waals surface area contributed by atoms with E-state index < -0.39 is 0 Å². The maximum atomic E-state index is 5.95. The number of nitrogens with one attached hydrogen (secondary N) is 1. The van der Waals surface area contributed by atoms with Crippen LogP contribution in [0, 0.1) is 0 Å². The lowest BCUT2D eigenvalue weighted by atomic mass is 9.84. The van der Waals surface area contributed by atoms with Gasteiger partial charge in [0.15, 0.2) is 0 Å². The number of rotatable bonds is 5. The van der Waals surface area contributed by atoms with Crippen LogP contribution in [0.5, 0.6) is 0 Å². The van der Waals surface area contributed by atoms with Crippen molar-refractivity contribution in [2.75, 3.05) is 7.11 Å². The molecular weight excluding hydrogens is 324 g/mol. The molecule has 1 fully saturated rings. The van der Waals surface area contributed by atoms with E-state index in [2.05, 4.69) is 32.8 Å². The average Bonchev–Trinajstić information content (AvgIpc) is 2.68. The van der Waals surface area contributed by atoms with Gasteiger partial charge in [-0.1, -0.05) is 25.7 Å². The second-order valence-corrected chi connectivity index (χ2v) is 7.15. The van der Waals surface area contributed by atoms with Crippen LogP contribution in [0.4, 0.5) is 0 Å². The lowest BCUT2D eigenvalue weighted by Gasteiger charge is -2.39. The van der Waals surface area contributed by atoms with Crippen LogP contribution in [0.1, 0.15) is 43.4 Å². The first-order valence-corrected chi connectivity index (χ1v) is 8.62. The Morgan fingerprint density at radius 2 is 2.11 bits per heavy atom. The summed E-state index contributed by atoms with van der Waals surface area (Å²) < 4.78 is 7.13. The minimum atomic E-state index is -0.116. The Labute approximate surface area is 128 Å². The van der Waals surface area contributed by atoms with E-state index in [1.807, 2.05) is 7.11 Å². The lowest BCUT2D eigenvalue weighted by Crippen LogP contribution is -2.55. The van der Waals surface area contributed by atoms with E-state index >= 15 is 0 Å². The smallest absolute Gasteiger partial charge is 0.0847 e. The summed E-state index contributed by atoms with van der Waals surface area (Å²) in [5.74, 6) is 5.84. The van der Waals surface area contributed by atoms with Crippen LogP contribution in [-0.2, 0) is 11.2 Å². The fraction of sp³-hybridized carbons (Fsp3) is 0.714. The van der Waals surface area contributed by atoms with E-state index in [1.165, 1.54) is 35.0 Å². The summed E-state index contributed by atoms with van der Waals surface area (Å²) in [6.07, 6.45) is 8.21. The molecule has 1 aromatic rings. The zero-order valence-electron chi connectivity index (χ0n) is 11.5. The molecule has 0 bridgehead atoms. The van der Waals surface area contributed by atoms with Crippen LogP contribution in [0.3, 0.4) is 0 Å². The standard InChI is InChI=1S/C14H23BrN2OS/c1-18-14(7-4-2-3-5-8-14)13(17-16)10-12-11(15)6-9-19-12/h6,9,13,17H,2-5,7-8,10,16H2,1H3. The molecule has 3 N–H and O–H groups in total. The van der Waals surface area contributed by atoms with Gasteiger partial charge in [0.05, 0.1) is 11.6 Å². The Bertz CT molecular complexity index is 389. The number of methoxy groups -OCH3 is 1. The van der Waals surface area contributed by atoms with Crippen molar-refractivity contribution in [2.24, 2.45) is 5.84 Å². The molecule has 0 radical (unpaired) electrons. The van der Waals surface area contributed by atoms with E-state index in [1.54, 1.807) is 11.3 Å². The third kappa shape index (κ3) is 3.58. The highest BCUT2D eigenvalue weighted by Gasteiger charge is 2.39. The van der Waals surface area contributed by atoms with Crippen LogP contribution >= 0.6 is 27.3 Å². The van der Waals surface area contributed by atoms with Crippen LogP contribution in [-0.4, -0.2) is 18.8 Å². The van der Waals surface area contributed by atoms with Gasteiger partial charge in [0.2, 0.25) is 0 Å². The van der Waals surface area contributed by atoms with Gasteiger partial charge in [0, 0.05) is 22.9 Å². The summed E-state index contributed by atoms with van der Waals surface area (Å²) in [5, 5.41) is 2.11. The van der Waals surface area contributed by atoms with Crippen molar-refractivity contribution >= 4 is 27.3 Å². The minimum absolute atomic E-state index is 0.116. The Morgan fingerprint density at radius 3 is 2.58 bits per heavy atom. The van der Waals surface area contributed by atoms with E-state index in [9.17, 15) is 0 Å². The largest absolute Gasteiger partial charge is 0.377 e. The summed E-state index contributed by atoms with van der Waals surface area (Å²) in [6.45, 7) is 0. The summed E-state index contributed by atoms with van der Waals surface area (Å²) in [7, 11) is 1.83. The van der Waals surface area contributed by atoms with Crippen molar-refractivity contribution in [1.29, 1.82) is 0 Å². The van der Waals surface area contributed by atoms with Crippen molar-refractivity contribution in [3.63, 3.8) is 0 Å². The minimum Gasteiger partial charge on any atom is -0.377 e. The van der Waals surface area contributed by atoms with Gasteiger partial charge < -0.3 is 4.74 Å². The van der Waals surface area contributed by atoms with Gasteiger partial charge in [0.25, 0.3) is 0 Å². The molecule has 1 aromatic heterocycles. The van der Waals surface area contributed by atoms with Crippen LogP contribution in [0.2, 0.25) is 0 Å². The van der Waals surface area contributed by atoms with Crippen LogP contribution in [0.15, 0.2) is 15.9 Å². The van der Waals surface area contributed by atoms with Gasteiger partial charge in [-0.25, -0.2) is 0 Å². The molecule has 1 saturated carbocycles. The molecule has 3 nitrogen and oxygen atoms in total. The zero-order valence-corrected chi connectivity index (χ0v) is 13.9. The lowest BCUT2D eigenvalue weighted by molar-refractivity contribution is -0.0525. The van der Waals surface area contributed by atoms with Gasteiger partial charge in [-0.05, 0) is 40.2 Å². The molecule has 0 aliphatic heterocycles. The van der Waals surface area contributed by atoms with Crippen LogP contribution in [0.25, 0.3) is 0 Å². The summed E-state index contributed by atoms with van der Waals surface area (Å²) in [5.41, 5.74) is 2.90. The zero-order chi connectivity index (χ0) is 13.7. The first-order chi connectivity index (χ1) is 9.22. The molecule has 19 heavy (non-hydrogen) atoms. The SMILES string of the molecule is COC1(C(Cc2sccc2Br)NN)CCCCCC1. The normalized spacial score (nSPS) is 21.0. The number of hydrogen-bond acceptors (Lipinski definition) is 4. The fourth-order valence-corrected chi connectivity index (χ4v) is 4.64. The number of hydrazine groups is 1. The van der Waals surface area contributed by atoms with E-state index in [0.717, 1.165) is 19.3 Å². The molecule has 1 atom stereocenters. The molecule has 0 spiro atoms. The number of hydrogen-bond donors (Lipinski definition) is 2. The van der Waals surface area contributed by atoms with E-state index in [-0.39, 0.29) is 11.6 Å². The predicted octanol–water partition coefficient (Wildman–Crippen LogP) is 3.62. The highest BCUT2D eigenvalue weighted by atomic mass is 79.9.